The first-order valence-electron chi connectivity index (χ1n) is 4.14. The molecule has 0 spiro atoms. The molecule has 0 amide bonds. The molecular formula is C8H10N2O3. The van der Waals surface area contributed by atoms with E-state index in [-0.39, 0.29) is 6.42 Å². The molecule has 0 aromatic carbocycles. The van der Waals surface area contributed by atoms with E-state index in [2.05, 4.69) is 10.2 Å². The third-order valence-electron chi connectivity index (χ3n) is 2.28. The lowest BCUT2D eigenvalue weighted by Crippen LogP contribution is -2.04. The molecule has 1 aromatic heterocycles. The van der Waals surface area contributed by atoms with Gasteiger partial charge in [-0.15, -0.1) is 0 Å². The topological polar surface area (TPSA) is 86.2 Å². The predicted molar refractivity (Wildman–Crippen MR) is 43.2 cm³/mol. The van der Waals surface area contributed by atoms with E-state index in [1.54, 1.807) is 0 Å². The van der Waals surface area contributed by atoms with Crippen LogP contribution in [0.5, 0.6) is 0 Å². The van der Waals surface area contributed by atoms with Gasteiger partial charge in [-0.2, -0.15) is 5.10 Å². The van der Waals surface area contributed by atoms with Crippen molar-refractivity contribution >= 4 is 5.97 Å². The Morgan fingerprint density at radius 2 is 2.46 bits per heavy atom. The first-order valence-corrected chi connectivity index (χ1v) is 4.14. The van der Waals surface area contributed by atoms with Gasteiger partial charge in [0.1, 0.15) is 0 Å². The maximum absolute atomic E-state index is 10.4. The number of aliphatic hydroxyl groups is 1. The summed E-state index contributed by atoms with van der Waals surface area (Å²) in [5.74, 6) is -0.923. The number of aliphatic carboxylic acids is 1. The van der Waals surface area contributed by atoms with E-state index >= 15 is 0 Å². The van der Waals surface area contributed by atoms with Crippen LogP contribution in [0, 0.1) is 0 Å². The first-order chi connectivity index (χ1) is 6.18. The Labute approximate surface area is 74.4 Å². The second kappa shape index (κ2) is 2.85. The van der Waals surface area contributed by atoms with E-state index in [4.69, 9.17) is 5.11 Å². The van der Waals surface area contributed by atoms with Gasteiger partial charge in [-0.1, -0.05) is 0 Å². The fourth-order valence-corrected chi connectivity index (χ4v) is 1.72. The van der Waals surface area contributed by atoms with E-state index < -0.39 is 12.1 Å². The van der Waals surface area contributed by atoms with Gasteiger partial charge in [0.05, 0.1) is 18.2 Å². The van der Waals surface area contributed by atoms with Gasteiger partial charge in [0, 0.05) is 11.3 Å². The average Bonchev–Trinajstić information content (AvgIpc) is 2.56. The van der Waals surface area contributed by atoms with Crippen molar-refractivity contribution in [3.8, 4) is 0 Å². The Balaban J connectivity index is 2.32. The van der Waals surface area contributed by atoms with Gasteiger partial charge in [-0.25, -0.2) is 0 Å². The van der Waals surface area contributed by atoms with Crippen molar-refractivity contribution in [1.29, 1.82) is 0 Å². The van der Waals surface area contributed by atoms with Crippen LogP contribution in [0.3, 0.4) is 0 Å². The molecule has 0 saturated heterocycles. The number of carboxylic acids is 1. The van der Waals surface area contributed by atoms with Crippen LogP contribution < -0.4 is 0 Å². The van der Waals surface area contributed by atoms with Crippen molar-refractivity contribution < 1.29 is 15.0 Å². The van der Waals surface area contributed by atoms with Crippen molar-refractivity contribution in [2.75, 3.05) is 0 Å². The number of aromatic amines is 1. The number of rotatable bonds is 2. The number of hydrogen-bond acceptors (Lipinski definition) is 3. The molecular weight excluding hydrogens is 172 g/mol. The zero-order valence-electron chi connectivity index (χ0n) is 6.95. The summed E-state index contributed by atoms with van der Waals surface area (Å²) in [5.41, 5.74) is 2.04. The summed E-state index contributed by atoms with van der Waals surface area (Å²) in [4.78, 5) is 10.4. The maximum atomic E-state index is 10.4. The minimum atomic E-state index is -0.923. The van der Waals surface area contributed by atoms with Crippen molar-refractivity contribution in [3.63, 3.8) is 0 Å². The SMILES string of the molecule is O=C(O)Cc1n[nH]c2c1C(O)CC2. The second-order valence-corrected chi connectivity index (χ2v) is 3.19. The molecule has 0 bridgehead atoms. The Kier molecular flexibility index (Phi) is 1.81. The van der Waals surface area contributed by atoms with Gasteiger partial charge in [0.15, 0.2) is 0 Å². The zero-order chi connectivity index (χ0) is 9.42. The fraction of sp³-hybridized carbons (Fsp3) is 0.500. The van der Waals surface area contributed by atoms with Crippen LogP contribution in [0.1, 0.15) is 29.5 Å². The molecule has 1 aromatic rings. The summed E-state index contributed by atoms with van der Waals surface area (Å²) < 4.78 is 0. The highest BCUT2D eigenvalue weighted by Gasteiger charge is 2.27. The number of aliphatic hydroxyl groups excluding tert-OH is 1. The Morgan fingerprint density at radius 1 is 1.69 bits per heavy atom. The highest BCUT2D eigenvalue weighted by Crippen LogP contribution is 2.31. The molecule has 5 heteroatoms. The second-order valence-electron chi connectivity index (χ2n) is 3.19. The molecule has 1 atom stereocenters. The third-order valence-corrected chi connectivity index (χ3v) is 2.28. The number of nitrogens with one attached hydrogen (secondary N) is 1. The van der Waals surface area contributed by atoms with Crippen LogP contribution >= 0.6 is 0 Å². The largest absolute Gasteiger partial charge is 0.481 e. The summed E-state index contributed by atoms with van der Waals surface area (Å²) in [6, 6.07) is 0. The molecule has 0 fully saturated rings. The Bertz CT molecular complexity index is 345. The van der Waals surface area contributed by atoms with E-state index in [0.29, 0.717) is 17.7 Å². The molecule has 1 aliphatic carbocycles. The zero-order valence-corrected chi connectivity index (χ0v) is 6.95. The van der Waals surface area contributed by atoms with Crippen LogP contribution in [0.4, 0.5) is 0 Å². The Morgan fingerprint density at radius 3 is 3.15 bits per heavy atom. The number of H-pyrrole nitrogens is 1. The summed E-state index contributed by atoms with van der Waals surface area (Å²) in [6.45, 7) is 0. The molecule has 0 radical (unpaired) electrons. The number of fused-ring (bicyclic) bond motifs is 1. The van der Waals surface area contributed by atoms with E-state index in [0.717, 1.165) is 12.1 Å². The number of aromatic nitrogens is 2. The van der Waals surface area contributed by atoms with Gasteiger partial charge >= 0.3 is 5.97 Å². The quantitative estimate of drug-likeness (QED) is 0.601. The number of hydrogen-bond donors (Lipinski definition) is 3. The van der Waals surface area contributed by atoms with E-state index in [1.807, 2.05) is 0 Å². The van der Waals surface area contributed by atoms with Gasteiger partial charge < -0.3 is 10.2 Å². The van der Waals surface area contributed by atoms with Crippen LogP contribution in [0.25, 0.3) is 0 Å². The molecule has 1 unspecified atom stereocenters. The van der Waals surface area contributed by atoms with Crippen LogP contribution in [-0.2, 0) is 17.6 Å². The summed E-state index contributed by atoms with van der Waals surface area (Å²) >= 11 is 0. The van der Waals surface area contributed by atoms with Gasteiger partial charge in [-0.3, -0.25) is 9.89 Å². The lowest BCUT2D eigenvalue weighted by atomic mass is 10.1. The normalized spacial score (nSPS) is 20.2. The van der Waals surface area contributed by atoms with Gasteiger partial charge in [0.2, 0.25) is 0 Å². The maximum Gasteiger partial charge on any atom is 0.309 e. The first kappa shape index (κ1) is 8.25. The van der Waals surface area contributed by atoms with Crippen LogP contribution in [0.15, 0.2) is 0 Å². The van der Waals surface area contributed by atoms with Gasteiger partial charge in [0.25, 0.3) is 0 Å². The van der Waals surface area contributed by atoms with Crippen molar-refractivity contribution in [2.24, 2.45) is 0 Å². The Hall–Kier alpha value is -1.36. The lowest BCUT2D eigenvalue weighted by Gasteiger charge is -2.01. The average molecular weight is 182 g/mol. The van der Waals surface area contributed by atoms with Crippen LogP contribution in [-0.4, -0.2) is 26.4 Å². The highest BCUT2D eigenvalue weighted by molar-refractivity contribution is 5.70. The van der Waals surface area contributed by atoms with Gasteiger partial charge in [-0.05, 0) is 12.8 Å². The smallest absolute Gasteiger partial charge is 0.309 e. The van der Waals surface area contributed by atoms with Crippen molar-refractivity contribution in [3.05, 3.63) is 17.0 Å². The molecule has 0 saturated carbocycles. The third kappa shape index (κ3) is 1.31. The summed E-state index contributed by atoms with van der Waals surface area (Å²) in [5, 5.41) is 24.7. The molecule has 1 aliphatic rings. The number of aryl methyl sites for hydroxylation is 1. The van der Waals surface area contributed by atoms with E-state index in [1.165, 1.54) is 0 Å². The molecule has 13 heavy (non-hydrogen) atoms. The summed E-state index contributed by atoms with van der Waals surface area (Å²) in [6.07, 6.45) is 0.755. The molecule has 2 rings (SSSR count). The number of carboxylic acid groups (broad SMARTS) is 1. The standard InChI is InChI=1S/C8H10N2O3/c11-6-2-1-4-8(6)5(10-9-4)3-7(12)13/h6,11H,1-3H2,(H,9,10)(H,12,13). The highest BCUT2D eigenvalue weighted by atomic mass is 16.4. The van der Waals surface area contributed by atoms with E-state index in [9.17, 15) is 9.90 Å². The molecule has 70 valence electrons. The number of carbonyl (C=O) groups is 1. The summed E-state index contributed by atoms with van der Waals surface area (Å²) in [7, 11) is 0. The molecule has 3 N–H and O–H groups in total. The predicted octanol–water partition coefficient (Wildman–Crippen LogP) is 0.0164. The van der Waals surface area contributed by atoms with Crippen LogP contribution in [0.2, 0.25) is 0 Å². The number of nitrogens with zero attached hydrogens (tertiary/aromatic N) is 1. The molecule has 1 heterocycles. The molecule has 0 aliphatic heterocycles. The minimum Gasteiger partial charge on any atom is -0.481 e. The monoisotopic (exact) mass is 182 g/mol. The van der Waals surface area contributed by atoms with Crippen molar-refractivity contribution in [2.45, 2.75) is 25.4 Å². The lowest BCUT2D eigenvalue weighted by molar-refractivity contribution is -0.136. The minimum absolute atomic E-state index is 0.122. The fourth-order valence-electron chi connectivity index (χ4n) is 1.72. The molecule has 5 nitrogen and oxygen atoms in total. The van der Waals surface area contributed by atoms with Crippen molar-refractivity contribution in [1.82, 2.24) is 10.2 Å².